The van der Waals surface area contributed by atoms with Crippen LogP contribution in [0.2, 0.25) is 0 Å². The molecule has 6 heteroatoms. The van der Waals surface area contributed by atoms with Gasteiger partial charge in [0.15, 0.2) is 17.4 Å². The van der Waals surface area contributed by atoms with Crippen LogP contribution in [-0.4, -0.2) is 29.7 Å². The summed E-state index contributed by atoms with van der Waals surface area (Å²) in [6, 6.07) is 11.0. The summed E-state index contributed by atoms with van der Waals surface area (Å²) in [7, 11) is 1.91. The molecule has 0 atom stereocenters. The average molecular weight is 286 g/mol. The molecule has 0 saturated heterocycles. The Hall–Kier alpha value is -2.76. The van der Waals surface area contributed by atoms with Gasteiger partial charge in [-0.2, -0.15) is 0 Å². The highest BCUT2D eigenvalue weighted by Crippen LogP contribution is 2.30. The maximum absolute atomic E-state index is 8.67. The average Bonchev–Trinajstić information content (AvgIpc) is 2.54. The number of amidine groups is 1. The van der Waals surface area contributed by atoms with Gasteiger partial charge in [-0.1, -0.05) is 5.16 Å². The molecule has 0 aliphatic heterocycles. The van der Waals surface area contributed by atoms with Crippen molar-refractivity contribution in [1.29, 1.82) is 0 Å². The first-order chi connectivity index (χ1) is 10.2. The Labute approximate surface area is 123 Å². The van der Waals surface area contributed by atoms with Crippen molar-refractivity contribution in [1.82, 2.24) is 4.98 Å². The van der Waals surface area contributed by atoms with Crippen molar-refractivity contribution in [3.05, 3.63) is 48.2 Å². The number of ether oxygens (including phenoxy) is 1. The second kappa shape index (κ2) is 6.60. The van der Waals surface area contributed by atoms with Crippen LogP contribution in [0, 0.1) is 0 Å². The van der Waals surface area contributed by atoms with E-state index in [2.05, 4.69) is 10.1 Å². The zero-order valence-electron chi connectivity index (χ0n) is 12.0. The zero-order valence-corrected chi connectivity index (χ0v) is 12.0. The molecule has 2 aromatic rings. The first-order valence-corrected chi connectivity index (χ1v) is 6.57. The fourth-order valence-electron chi connectivity index (χ4n) is 1.94. The lowest BCUT2D eigenvalue weighted by atomic mass is 10.2. The topological polar surface area (TPSA) is 84.0 Å². The second-order valence-corrected chi connectivity index (χ2v) is 4.35. The van der Waals surface area contributed by atoms with E-state index in [4.69, 9.17) is 15.7 Å². The van der Waals surface area contributed by atoms with E-state index in [-0.39, 0.29) is 5.84 Å². The molecule has 0 amide bonds. The van der Waals surface area contributed by atoms with Crippen LogP contribution in [0.5, 0.6) is 5.75 Å². The molecule has 21 heavy (non-hydrogen) atoms. The van der Waals surface area contributed by atoms with Crippen LogP contribution in [0.1, 0.15) is 12.5 Å². The van der Waals surface area contributed by atoms with Gasteiger partial charge in [-0.3, -0.25) is 0 Å². The van der Waals surface area contributed by atoms with Gasteiger partial charge in [0.1, 0.15) is 0 Å². The summed E-state index contributed by atoms with van der Waals surface area (Å²) in [5, 5.41) is 11.6. The van der Waals surface area contributed by atoms with Crippen LogP contribution in [0.25, 0.3) is 0 Å². The second-order valence-electron chi connectivity index (χ2n) is 4.35. The predicted molar refractivity (Wildman–Crippen MR) is 82.4 cm³/mol. The number of benzene rings is 1. The van der Waals surface area contributed by atoms with E-state index >= 15 is 0 Å². The highest BCUT2D eigenvalue weighted by molar-refractivity contribution is 5.97. The number of rotatable bonds is 5. The monoisotopic (exact) mass is 286 g/mol. The van der Waals surface area contributed by atoms with Crippen molar-refractivity contribution < 1.29 is 9.94 Å². The lowest BCUT2D eigenvalue weighted by Crippen LogP contribution is -2.15. The van der Waals surface area contributed by atoms with Crippen molar-refractivity contribution in [2.45, 2.75) is 6.92 Å². The molecule has 0 bridgehead atoms. The third-order valence-electron chi connectivity index (χ3n) is 3.03. The van der Waals surface area contributed by atoms with Crippen LogP contribution >= 0.6 is 0 Å². The first-order valence-electron chi connectivity index (χ1n) is 6.57. The standard InChI is InChI=1S/C15H18N4O2/c1-3-21-13-5-4-10-17-15(13)19(2)12-8-6-11(7-9-12)14(16)18-20/h4-10,20H,3H2,1-2H3,(H2,16,18). The van der Waals surface area contributed by atoms with Gasteiger partial charge in [0.05, 0.1) is 6.61 Å². The number of anilines is 2. The number of hydrogen-bond acceptors (Lipinski definition) is 5. The Balaban J connectivity index is 2.30. The van der Waals surface area contributed by atoms with Gasteiger partial charge in [-0.05, 0) is 43.3 Å². The van der Waals surface area contributed by atoms with E-state index in [1.807, 2.05) is 43.1 Å². The molecule has 110 valence electrons. The van der Waals surface area contributed by atoms with Gasteiger partial charge in [0.25, 0.3) is 0 Å². The third kappa shape index (κ3) is 3.22. The Morgan fingerprint density at radius 1 is 1.33 bits per heavy atom. The number of hydrogen-bond donors (Lipinski definition) is 2. The fraction of sp³-hybridized carbons (Fsp3) is 0.200. The quantitative estimate of drug-likeness (QED) is 0.381. The fourth-order valence-corrected chi connectivity index (χ4v) is 1.94. The molecule has 3 N–H and O–H groups in total. The van der Waals surface area contributed by atoms with Crippen molar-refractivity contribution in [3.8, 4) is 5.75 Å². The SMILES string of the molecule is CCOc1cccnc1N(C)c1ccc(/C(N)=N/O)cc1. The lowest BCUT2D eigenvalue weighted by Gasteiger charge is -2.21. The summed E-state index contributed by atoms with van der Waals surface area (Å²) in [6.07, 6.45) is 1.72. The number of aromatic nitrogens is 1. The van der Waals surface area contributed by atoms with Crippen molar-refractivity contribution in [2.75, 3.05) is 18.6 Å². The Kier molecular flexibility index (Phi) is 4.61. The molecule has 0 aliphatic rings. The van der Waals surface area contributed by atoms with E-state index in [0.29, 0.717) is 12.2 Å². The molecular formula is C15H18N4O2. The number of pyridine rings is 1. The zero-order chi connectivity index (χ0) is 15.2. The van der Waals surface area contributed by atoms with Gasteiger partial charge in [0, 0.05) is 24.5 Å². The molecule has 1 aromatic heterocycles. The van der Waals surface area contributed by atoms with Crippen LogP contribution < -0.4 is 15.4 Å². The van der Waals surface area contributed by atoms with Gasteiger partial charge >= 0.3 is 0 Å². The van der Waals surface area contributed by atoms with Crippen LogP contribution in [-0.2, 0) is 0 Å². The van der Waals surface area contributed by atoms with Crippen molar-refractivity contribution >= 4 is 17.3 Å². The van der Waals surface area contributed by atoms with Gasteiger partial charge < -0.3 is 20.6 Å². The smallest absolute Gasteiger partial charge is 0.175 e. The summed E-state index contributed by atoms with van der Waals surface area (Å²) in [6.45, 7) is 2.51. The minimum absolute atomic E-state index is 0.0806. The third-order valence-corrected chi connectivity index (χ3v) is 3.03. The number of nitrogens with two attached hydrogens (primary N) is 1. The molecule has 1 aromatic carbocycles. The van der Waals surface area contributed by atoms with Gasteiger partial charge in [-0.15, -0.1) is 0 Å². The molecule has 1 heterocycles. The lowest BCUT2D eigenvalue weighted by molar-refractivity contribution is 0.318. The molecule has 0 radical (unpaired) electrons. The highest BCUT2D eigenvalue weighted by atomic mass is 16.5. The Morgan fingerprint density at radius 2 is 2.05 bits per heavy atom. The number of nitrogens with zero attached hydrogens (tertiary/aromatic N) is 3. The molecule has 2 rings (SSSR count). The summed E-state index contributed by atoms with van der Waals surface area (Å²) in [5.41, 5.74) is 7.12. The molecular weight excluding hydrogens is 268 g/mol. The van der Waals surface area contributed by atoms with E-state index in [1.54, 1.807) is 18.3 Å². The van der Waals surface area contributed by atoms with Crippen molar-refractivity contribution in [3.63, 3.8) is 0 Å². The molecule has 0 fully saturated rings. The highest BCUT2D eigenvalue weighted by Gasteiger charge is 2.11. The van der Waals surface area contributed by atoms with E-state index in [0.717, 1.165) is 17.3 Å². The maximum Gasteiger partial charge on any atom is 0.175 e. The molecule has 0 saturated carbocycles. The van der Waals surface area contributed by atoms with E-state index < -0.39 is 0 Å². The summed E-state index contributed by atoms with van der Waals surface area (Å²) in [5.74, 6) is 1.54. The summed E-state index contributed by atoms with van der Waals surface area (Å²) >= 11 is 0. The first kappa shape index (κ1) is 14.6. The van der Waals surface area contributed by atoms with Gasteiger partial charge in [-0.25, -0.2) is 4.98 Å². The normalized spacial score (nSPS) is 11.2. The summed E-state index contributed by atoms with van der Waals surface area (Å²) in [4.78, 5) is 6.28. The van der Waals surface area contributed by atoms with Crippen molar-refractivity contribution in [2.24, 2.45) is 10.9 Å². The molecule has 0 unspecified atom stereocenters. The van der Waals surface area contributed by atoms with E-state index in [9.17, 15) is 0 Å². The summed E-state index contributed by atoms with van der Waals surface area (Å²) < 4.78 is 5.58. The Morgan fingerprint density at radius 3 is 2.67 bits per heavy atom. The van der Waals surface area contributed by atoms with Gasteiger partial charge in [0.2, 0.25) is 0 Å². The largest absolute Gasteiger partial charge is 0.490 e. The van der Waals surface area contributed by atoms with Crippen LogP contribution in [0.4, 0.5) is 11.5 Å². The molecule has 0 aliphatic carbocycles. The molecule has 6 nitrogen and oxygen atoms in total. The maximum atomic E-state index is 8.67. The van der Waals surface area contributed by atoms with E-state index in [1.165, 1.54) is 0 Å². The minimum Gasteiger partial charge on any atom is -0.490 e. The Bertz CT molecular complexity index is 626. The van der Waals surface area contributed by atoms with Crippen LogP contribution in [0.15, 0.2) is 47.8 Å². The minimum atomic E-state index is 0.0806. The van der Waals surface area contributed by atoms with Crippen LogP contribution in [0.3, 0.4) is 0 Å². The number of oxime groups is 1. The molecule has 0 spiro atoms. The predicted octanol–water partition coefficient (Wildman–Crippen LogP) is 2.34.